The fourth-order valence-corrected chi connectivity index (χ4v) is 3.65. The minimum atomic E-state index is -1.18. The van der Waals surface area contributed by atoms with Crippen LogP contribution in [-0.4, -0.2) is 54.6 Å². The number of aliphatic hydroxyl groups excluding tert-OH is 1. The molecule has 0 fully saturated rings. The number of benzene rings is 2. The van der Waals surface area contributed by atoms with Gasteiger partial charge in [0.05, 0.1) is 12.3 Å². The lowest BCUT2D eigenvalue weighted by atomic mass is 10.1. The van der Waals surface area contributed by atoms with Gasteiger partial charge in [0.15, 0.2) is 11.2 Å². The predicted octanol–water partition coefficient (Wildman–Crippen LogP) is 1.15. The quantitative estimate of drug-likeness (QED) is 0.220. The molecular formula is C22H30N6O4S. The number of carbonyl (C=O) groups excluding carboxylic acids is 2. The van der Waals surface area contributed by atoms with Crippen molar-refractivity contribution in [1.29, 1.82) is 0 Å². The molecule has 0 aliphatic carbocycles. The molecule has 0 saturated carbocycles. The standard InChI is InChI=1S/C12H15N3O2.C10H15N3O2S/c1-14-12(13)9-4-6-10(7-5-9)15-11(17)3-2-8-16;1-13(4-5-14)9-2-3-10-8(6-9)7-11-16(15)12-10/h4-8H,2-3H2,1H3,(H2,13,14)(H,15,17);2-3,6,11-12,14H,4-5,7H2,1H3. The Hall–Kier alpha value is -3.28. The second-order valence-electron chi connectivity index (χ2n) is 7.12. The molecule has 1 atom stereocenters. The maximum absolute atomic E-state index is 11.3. The van der Waals surface area contributed by atoms with Crippen LogP contribution in [0.4, 0.5) is 17.1 Å². The summed E-state index contributed by atoms with van der Waals surface area (Å²) in [7, 11) is 3.55. The molecule has 0 spiro atoms. The van der Waals surface area contributed by atoms with Gasteiger partial charge in [-0.1, -0.05) is 0 Å². The van der Waals surface area contributed by atoms with Crippen molar-refractivity contribution in [3.8, 4) is 0 Å². The topological polar surface area (TPSA) is 149 Å². The van der Waals surface area contributed by atoms with E-state index in [9.17, 15) is 13.8 Å². The maximum Gasteiger partial charge on any atom is 0.224 e. The number of rotatable bonds is 8. The summed E-state index contributed by atoms with van der Waals surface area (Å²) < 4.78 is 16.9. The van der Waals surface area contributed by atoms with E-state index in [0.29, 0.717) is 24.6 Å². The van der Waals surface area contributed by atoms with E-state index in [0.717, 1.165) is 28.8 Å². The Labute approximate surface area is 196 Å². The highest BCUT2D eigenvalue weighted by Crippen LogP contribution is 2.25. The molecule has 2 aromatic rings. The first kappa shape index (κ1) is 26.0. The van der Waals surface area contributed by atoms with Gasteiger partial charge in [-0.15, -0.1) is 0 Å². The molecule has 1 unspecified atom stereocenters. The van der Waals surface area contributed by atoms with Crippen molar-refractivity contribution in [2.24, 2.45) is 10.7 Å². The first-order valence-electron chi connectivity index (χ1n) is 10.3. The molecule has 10 nitrogen and oxygen atoms in total. The van der Waals surface area contributed by atoms with E-state index in [4.69, 9.17) is 10.8 Å². The van der Waals surface area contributed by atoms with Gasteiger partial charge in [-0.05, 0) is 48.0 Å². The monoisotopic (exact) mass is 474 g/mol. The molecule has 2 aromatic carbocycles. The molecule has 0 aromatic heterocycles. The van der Waals surface area contributed by atoms with Crippen LogP contribution in [0.5, 0.6) is 0 Å². The van der Waals surface area contributed by atoms with Crippen LogP contribution in [0.2, 0.25) is 0 Å². The normalized spacial score (nSPS) is 14.8. The van der Waals surface area contributed by atoms with Gasteiger partial charge in [0, 0.05) is 57.0 Å². The molecule has 11 heteroatoms. The number of aliphatic hydroxyl groups is 1. The van der Waals surface area contributed by atoms with Gasteiger partial charge in [-0.2, -0.15) is 0 Å². The van der Waals surface area contributed by atoms with Gasteiger partial charge in [0.25, 0.3) is 0 Å². The number of hydrogen-bond acceptors (Lipinski definition) is 6. The van der Waals surface area contributed by atoms with Gasteiger partial charge >= 0.3 is 0 Å². The number of aliphatic imine (C=N–C) groups is 1. The summed E-state index contributed by atoms with van der Waals surface area (Å²) in [6.07, 6.45) is 1.16. The Morgan fingerprint density at radius 2 is 2.03 bits per heavy atom. The summed E-state index contributed by atoms with van der Waals surface area (Å²) in [5, 5.41) is 11.5. The summed E-state index contributed by atoms with van der Waals surface area (Å²) in [6.45, 7) is 1.33. The Kier molecular flexibility index (Phi) is 10.5. The number of fused-ring (bicyclic) bond motifs is 1. The van der Waals surface area contributed by atoms with Crippen LogP contribution < -0.4 is 25.4 Å². The number of likely N-dealkylation sites (N-methyl/N-ethyl adjacent to an activating group) is 1. The smallest absolute Gasteiger partial charge is 0.224 e. The fraction of sp³-hybridized carbons (Fsp3) is 0.318. The van der Waals surface area contributed by atoms with Crippen LogP contribution in [0.1, 0.15) is 24.0 Å². The molecule has 1 heterocycles. The highest BCUT2D eigenvalue weighted by molar-refractivity contribution is 7.84. The van der Waals surface area contributed by atoms with Gasteiger partial charge in [0.1, 0.15) is 12.1 Å². The highest BCUT2D eigenvalue weighted by atomic mass is 32.2. The first-order valence-corrected chi connectivity index (χ1v) is 11.5. The number of aldehydes is 1. The summed E-state index contributed by atoms with van der Waals surface area (Å²) in [5.41, 5.74) is 10.1. The van der Waals surface area contributed by atoms with E-state index >= 15 is 0 Å². The lowest BCUT2D eigenvalue weighted by molar-refractivity contribution is -0.118. The van der Waals surface area contributed by atoms with E-state index in [2.05, 4.69) is 19.8 Å². The number of nitrogens with two attached hydrogens (primary N) is 1. The average Bonchev–Trinajstić information content (AvgIpc) is 2.83. The van der Waals surface area contributed by atoms with Crippen LogP contribution in [0.25, 0.3) is 0 Å². The molecule has 1 amide bonds. The molecule has 178 valence electrons. The van der Waals surface area contributed by atoms with Gasteiger partial charge in [0.2, 0.25) is 5.91 Å². The van der Waals surface area contributed by atoms with Crippen LogP contribution in [0.15, 0.2) is 47.5 Å². The van der Waals surface area contributed by atoms with Crippen LogP contribution >= 0.6 is 0 Å². The lowest BCUT2D eigenvalue weighted by Crippen LogP contribution is -2.29. The van der Waals surface area contributed by atoms with Crippen LogP contribution in [0, 0.1) is 0 Å². The predicted molar refractivity (Wildman–Crippen MR) is 132 cm³/mol. The lowest BCUT2D eigenvalue weighted by Gasteiger charge is -2.23. The average molecular weight is 475 g/mol. The number of nitrogens with zero attached hydrogens (tertiary/aromatic N) is 2. The SMILES string of the molecule is CN(CCO)c1ccc2c(c1)CNS(=O)N2.CN=C(N)c1ccc(NC(=O)CCC=O)cc1. The Bertz CT molecular complexity index is 997. The number of carbonyl (C=O) groups is 2. The van der Waals surface area contributed by atoms with Gasteiger partial charge < -0.3 is 25.9 Å². The third-order valence-electron chi connectivity index (χ3n) is 4.76. The van der Waals surface area contributed by atoms with E-state index in [-0.39, 0.29) is 25.4 Å². The summed E-state index contributed by atoms with van der Waals surface area (Å²) in [5.74, 6) is 0.269. The number of nitrogens with one attached hydrogen (secondary N) is 3. The first-order chi connectivity index (χ1) is 15.9. The molecule has 1 aliphatic heterocycles. The number of amides is 1. The van der Waals surface area contributed by atoms with Crippen molar-refractivity contribution in [2.75, 3.05) is 42.2 Å². The zero-order valence-electron chi connectivity index (χ0n) is 18.7. The Morgan fingerprint density at radius 1 is 1.30 bits per heavy atom. The maximum atomic E-state index is 11.3. The van der Waals surface area contributed by atoms with Crippen molar-refractivity contribution in [1.82, 2.24) is 4.72 Å². The van der Waals surface area contributed by atoms with E-state index < -0.39 is 11.2 Å². The number of hydrogen-bond donors (Lipinski definition) is 5. The Balaban J connectivity index is 0.000000234. The molecular weight excluding hydrogens is 444 g/mol. The van der Waals surface area contributed by atoms with Crippen molar-refractivity contribution in [3.63, 3.8) is 0 Å². The molecule has 6 N–H and O–H groups in total. The van der Waals surface area contributed by atoms with E-state index in [1.165, 1.54) is 0 Å². The second kappa shape index (κ2) is 13.3. The van der Waals surface area contributed by atoms with Gasteiger partial charge in [-0.25, -0.2) is 8.93 Å². The van der Waals surface area contributed by atoms with Gasteiger partial charge in [-0.3, -0.25) is 14.5 Å². The fourth-order valence-electron chi connectivity index (χ4n) is 2.89. The highest BCUT2D eigenvalue weighted by Gasteiger charge is 2.13. The molecule has 3 rings (SSSR count). The van der Waals surface area contributed by atoms with Crippen molar-refractivity contribution < 1.29 is 18.9 Å². The molecule has 0 saturated heterocycles. The number of amidine groups is 1. The zero-order chi connectivity index (χ0) is 24.2. The van der Waals surface area contributed by atoms with E-state index in [1.54, 1.807) is 31.3 Å². The van der Waals surface area contributed by atoms with Crippen molar-refractivity contribution in [2.45, 2.75) is 19.4 Å². The minimum Gasteiger partial charge on any atom is -0.395 e. The molecule has 0 radical (unpaired) electrons. The third-order valence-corrected chi connectivity index (χ3v) is 5.57. The number of anilines is 3. The summed E-state index contributed by atoms with van der Waals surface area (Å²) >= 11 is -1.18. The molecule has 1 aliphatic rings. The zero-order valence-corrected chi connectivity index (χ0v) is 19.5. The molecule has 33 heavy (non-hydrogen) atoms. The second-order valence-corrected chi connectivity index (χ2v) is 8.15. The van der Waals surface area contributed by atoms with Crippen LogP contribution in [0.3, 0.4) is 0 Å². The summed E-state index contributed by atoms with van der Waals surface area (Å²) in [4.78, 5) is 27.3. The summed E-state index contributed by atoms with van der Waals surface area (Å²) in [6, 6.07) is 12.9. The van der Waals surface area contributed by atoms with Crippen molar-refractivity contribution >= 4 is 46.3 Å². The van der Waals surface area contributed by atoms with Crippen molar-refractivity contribution in [3.05, 3.63) is 53.6 Å². The largest absolute Gasteiger partial charge is 0.395 e. The Morgan fingerprint density at radius 3 is 2.67 bits per heavy atom. The third kappa shape index (κ3) is 8.29. The van der Waals surface area contributed by atoms with E-state index in [1.807, 2.05) is 30.1 Å². The van der Waals surface area contributed by atoms with Crippen LogP contribution in [-0.2, 0) is 27.3 Å². The minimum absolute atomic E-state index is 0.133. The molecule has 0 bridgehead atoms.